The minimum Gasteiger partial charge on any atom is -0.399 e. The number of piperidine rings is 3. The van der Waals surface area contributed by atoms with Crippen LogP contribution in [0.15, 0.2) is 48.5 Å². The maximum Gasteiger partial charge on any atom is 0.249 e. The monoisotopic (exact) mass is 519 g/mol. The van der Waals surface area contributed by atoms with Gasteiger partial charge in [0.15, 0.2) is 0 Å². The number of benzene rings is 2. The number of hydrogen-bond donors (Lipinski definition) is 3. The number of carbonyl (C=O) groups is 2. The minimum absolute atomic E-state index is 0.183. The third-order valence-corrected chi connectivity index (χ3v) is 7.73. The number of nitrogens with two attached hydrogens (primary N) is 1. The van der Waals surface area contributed by atoms with Gasteiger partial charge in [-0.1, -0.05) is 32.9 Å². The van der Waals surface area contributed by atoms with Gasteiger partial charge in [-0.2, -0.15) is 0 Å². The van der Waals surface area contributed by atoms with Crippen molar-refractivity contribution in [3.63, 3.8) is 0 Å². The summed E-state index contributed by atoms with van der Waals surface area (Å²) in [5.41, 5.74) is 10.2. The Morgan fingerprint density at radius 1 is 0.842 bits per heavy atom. The van der Waals surface area contributed by atoms with E-state index >= 15 is 0 Å². The summed E-state index contributed by atoms with van der Waals surface area (Å²) in [6.07, 6.45) is 5.76. The summed E-state index contributed by atoms with van der Waals surface area (Å²) >= 11 is 0. The molecule has 38 heavy (non-hydrogen) atoms. The molecular formula is C31H45N5O2. The predicted molar refractivity (Wildman–Crippen MR) is 156 cm³/mol. The van der Waals surface area contributed by atoms with Crippen LogP contribution in [0.4, 0.5) is 17.1 Å². The van der Waals surface area contributed by atoms with E-state index in [2.05, 4.69) is 77.6 Å². The molecule has 0 spiro atoms. The van der Waals surface area contributed by atoms with Crippen molar-refractivity contribution in [2.24, 2.45) is 5.92 Å². The highest BCUT2D eigenvalue weighted by Gasteiger charge is 2.29. The minimum atomic E-state index is -0.335. The molecule has 1 unspecified atom stereocenters. The first kappa shape index (κ1) is 28.0. The zero-order valence-corrected chi connectivity index (χ0v) is 23.3. The number of likely N-dealkylation sites (tertiary alicyclic amines) is 1. The topological polar surface area (TPSA) is 90.7 Å². The number of imide groups is 1. The molecule has 2 aromatic carbocycles. The highest BCUT2D eigenvalue weighted by molar-refractivity contribution is 6.01. The van der Waals surface area contributed by atoms with Crippen LogP contribution in [0.1, 0.15) is 70.8 Å². The van der Waals surface area contributed by atoms with Gasteiger partial charge >= 0.3 is 0 Å². The molecule has 7 heteroatoms. The van der Waals surface area contributed by atoms with Crippen LogP contribution in [-0.2, 0) is 9.59 Å². The van der Waals surface area contributed by atoms with Gasteiger partial charge in [-0.25, -0.2) is 0 Å². The van der Waals surface area contributed by atoms with Crippen LogP contribution in [0.5, 0.6) is 0 Å². The molecule has 0 radical (unpaired) electrons. The zero-order chi connectivity index (χ0) is 27.1. The summed E-state index contributed by atoms with van der Waals surface area (Å²) in [7, 11) is 0. The van der Waals surface area contributed by atoms with E-state index in [0.29, 0.717) is 24.8 Å². The van der Waals surface area contributed by atoms with Crippen molar-refractivity contribution < 1.29 is 9.59 Å². The van der Waals surface area contributed by atoms with Gasteiger partial charge < -0.3 is 20.9 Å². The van der Waals surface area contributed by atoms with E-state index in [1.165, 1.54) is 36.9 Å². The fraction of sp³-hybridized carbons (Fsp3) is 0.548. The molecule has 5 rings (SSSR count). The van der Waals surface area contributed by atoms with Gasteiger partial charge in [0.1, 0.15) is 6.04 Å². The largest absolute Gasteiger partial charge is 0.399 e. The van der Waals surface area contributed by atoms with Gasteiger partial charge in [-0.05, 0) is 99.0 Å². The van der Waals surface area contributed by atoms with Crippen molar-refractivity contribution in [1.29, 1.82) is 0 Å². The quantitative estimate of drug-likeness (QED) is 0.381. The fourth-order valence-electron chi connectivity index (χ4n) is 5.66. The van der Waals surface area contributed by atoms with E-state index in [1.54, 1.807) is 0 Å². The van der Waals surface area contributed by atoms with Crippen molar-refractivity contribution in [1.82, 2.24) is 10.2 Å². The number of amides is 2. The Kier molecular flexibility index (Phi) is 9.67. The van der Waals surface area contributed by atoms with Crippen LogP contribution in [0.25, 0.3) is 0 Å². The first-order valence-electron chi connectivity index (χ1n) is 14.3. The molecule has 0 aliphatic carbocycles. The Balaban J connectivity index is 0.000000786. The summed E-state index contributed by atoms with van der Waals surface area (Å²) in [4.78, 5) is 28.5. The average Bonchev–Trinajstić information content (AvgIpc) is 2.91. The molecular weight excluding hydrogens is 474 g/mol. The van der Waals surface area contributed by atoms with Crippen molar-refractivity contribution >= 4 is 28.9 Å². The highest BCUT2D eigenvalue weighted by Crippen LogP contribution is 2.32. The van der Waals surface area contributed by atoms with E-state index in [1.807, 2.05) is 12.1 Å². The second-order valence-electron chi connectivity index (χ2n) is 11.6. The van der Waals surface area contributed by atoms with Gasteiger partial charge in [-0.15, -0.1) is 0 Å². The first-order chi connectivity index (χ1) is 18.3. The van der Waals surface area contributed by atoms with Gasteiger partial charge in [0, 0.05) is 42.6 Å². The number of nitrogens with one attached hydrogen (secondary N) is 2. The second kappa shape index (κ2) is 13.1. The standard InChI is InChI=1S/C27H35N5O2.C4H10/c28-21-3-7-23(8-4-21)32-17-13-24(14-18-32)31-15-11-20(12-16-31)19-1-5-22(6-2-19)29-25-9-10-26(33)30-27(25)34;1-4(2)3/h1-8,20,24-25,29H,9-18,28H2,(H,30,33,34);4H,1-3H3. The maximum absolute atomic E-state index is 12.0. The molecule has 3 fully saturated rings. The molecule has 1 atom stereocenters. The van der Waals surface area contributed by atoms with Gasteiger partial charge in [0.05, 0.1) is 0 Å². The van der Waals surface area contributed by atoms with Crippen molar-refractivity contribution in [2.45, 2.75) is 77.3 Å². The van der Waals surface area contributed by atoms with Gasteiger partial charge in [0.2, 0.25) is 11.8 Å². The normalized spacial score (nSPS) is 21.6. The molecule has 3 aliphatic heterocycles. The number of hydrogen-bond acceptors (Lipinski definition) is 6. The van der Waals surface area contributed by atoms with E-state index in [9.17, 15) is 9.59 Å². The van der Waals surface area contributed by atoms with Crippen LogP contribution in [0.2, 0.25) is 0 Å². The molecule has 4 N–H and O–H groups in total. The number of nitrogen functional groups attached to an aromatic ring is 1. The van der Waals surface area contributed by atoms with E-state index in [-0.39, 0.29) is 17.9 Å². The lowest BCUT2D eigenvalue weighted by Crippen LogP contribution is -2.47. The third kappa shape index (κ3) is 7.73. The van der Waals surface area contributed by atoms with Crippen LogP contribution in [0.3, 0.4) is 0 Å². The molecule has 3 heterocycles. The van der Waals surface area contributed by atoms with Gasteiger partial charge in [0.25, 0.3) is 0 Å². The zero-order valence-electron chi connectivity index (χ0n) is 23.3. The Hall–Kier alpha value is -3.06. The molecule has 0 bridgehead atoms. The van der Waals surface area contributed by atoms with Crippen molar-refractivity contribution in [3.05, 3.63) is 54.1 Å². The average molecular weight is 520 g/mol. The van der Waals surface area contributed by atoms with E-state index in [4.69, 9.17) is 5.73 Å². The number of anilines is 3. The molecule has 0 aromatic heterocycles. The number of nitrogens with zero attached hydrogens (tertiary/aromatic N) is 2. The second-order valence-corrected chi connectivity index (χ2v) is 11.6. The Labute approximate surface area is 228 Å². The van der Waals surface area contributed by atoms with Crippen molar-refractivity contribution in [3.8, 4) is 0 Å². The molecule has 206 valence electrons. The number of rotatable bonds is 5. The lowest BCUT2D eigenvalue weighted by Gasteiger charge is -2.42. The summed E-state index contributed by atoms with van der Waals surface area (Å²) in [6, 6.07) is 17.1. The molecule has 0 saturated carbocycles. The van der Waals surface area contributed by atoms with Crippen LogP contribution >= 0.6 is 0 Å². The molecule has 3 aliphatic rings. The van der Waals surface area contributed by atoms with Crippen LogP contribution < -0.4 is 21.3 Å². The van der Waals surface area contributed by atoms with E-state index in [0.717, 1.165) is 43.5 Å². The third-order valence-electron chi connectivity index (χ3n) is 7.73. The number of carbonyl (C=O) groups excluding carboxylic acids is 2. The predicted octanol–water partition coefficient (Wildman–Crippen LogP) is 5.00. The van der Waals surface area contributed by atoms with Crippen LogP contribution in [-0.4, -0.2) is 55.0 Å². The smallest absolute Gasteiger partial charge is 0.249 e. The van der Waals surface area contributed by atoms with Crippen LogP contribution in [0, 0.1) is 5.92 Å². The van der Waals surface area contributed by atoms with Gasteiger partial charge in [-0.3, -0.25) is 14.9 Å². The lowest BCUT2D eigenvalue weighted by molar-refractivity contribution is -0.133. The summed E-state index contributed by atoms with van der Waals surface area (Å²) < 4.78 is 0. The molecule has 7 nitrogen and oxygen atoms in total. The summed E-state index contributed by atoms with van der Waals surface area (Å²) in [5.74, 6) is 1.01. The highest BCUT2D eigenvalue weighted by atomic mass is 16.2. The van der Waals surface area contributed by atoms with Crippen molar-refractivity contribution in [2.75, 3.05) is 42.1 Å². The summed E-state index contributed by atoms with van der Waals surface area (Å²) in [6.45, 7) is 11.0. The summed E-state index contributed by atoms with van der Waals surface area (Å²) in [5, 5.41) is 5.67. The molecule has 2 amide bonds. The molecule has 3 saturated heterocycles. The van der Waals surface area contributed by atoms with E-state index < -0.39 is 0 Å². The first-order valence-corrected chi connectivity index (χ1v) is 14.3. The fourth-order valence-corrected chi connectivity index (χ4v) is 5.66. The Bertz CT molecular complexity index is 1030. The Morgan fingerprint density at radius 2 is 1.45 bits per heavy atom. The molecule has 2 aromatic rings. The SMILES string of the molecule is CC(C)C.Nc1ccc(N2CCC(N3CCC(c4ccc(NC5CCC(=O)NC5=O)cc4)CC3)CC2)cc1. The maximum atomic E-state index is 12.0. The lowest BCUT2D eigenvalue weighted by atomic mass is 9.88. The Morgan fingerprint density at radius 3 is 2.03 bits per heavy atom.